The number of aryl methyl sites for hydroxylation is 1. The Balaban J connectivity index is 1.53. The molecule has 53 heavy (non-hydrogen) atoms. The zero-order chi connectivity index (χ0) is 38.3. The molecule has 0 bridgehead atoms. The molecule has 16 nitrogen and oxygen atoms in total. The fourth-order valence-corrected chi connectivity index (χ4v) is 6.22. The maximum absolute atomic E-state index is 14.2. The number of amides is 5. The zero-order valence-corrected chi connectivity index (χ0v) is 30.1. The van der Waals surface area contributed by atoms with Crippen molar-refractivity contribution >= 4 is 47.5 Å². The highest BCUT2D eigenvalue weighted by Gasteiger charge is 2.37. The van der Waals surface area contributed by atoms with Crippen LogP contribution >= 0.6 is 0 Å². The van der Waals surface area contributed by atoms with Gasteiger partial charge in [0.2, 0.25) is 23.6 Å². The topological polar surface area (TPSA) is 246 Å². The van der Waals surface area contributed by atoms with Crippen molar-refractivity contribution < 1.29 is 24.0 Å². The Labute approximate surface area is 308 Å². The van der Waals surface area contributed by atoms with Gasteiger partial charge < -0.3 is 38.1 Å². The molecular formula is C37H49N11O5. The molecule has 0 radical (unpaired) electrons. The average molecular weight is 728 g/mol. The van der Waals surface area contributed by atoms with Gasteiger partial charge in [0.15, 0.2) is 11.8 Å². The molecule has 0 spiro atoms. The summed E-state index contributed by atoms with van der Waals surface area (Å²) < 4.78 is 0.956. The lowest BCUT2D eigenvalue weighted by molar-refractivity contribution is -0.133. The molecule has 1 fully saturated rings. The number of benzene rings is 2. The lowest BCUT2D eigenvalue weighted by Gasteiger charge is -2.38. The second-order valence-electron chi connectivity index (χ2n) is 13.1. The number of rotatable bonds is 16. The van der Waals surface area contributed by atoms with Crippen LogP contribution in [-0.2, 0) is 25.6 Å². The first-order valence-corrected chi connectivity index (χ1v) is 17.7. The summed E-state index contributed by atoms with van der Waals surface area (Å²) in [5.41, 5.74) is 19.2. The van der Waals surface area contributed by atoms with Gasteiger partial charge in [0, 0.05) is 25.1 Å². The number of anilines is 1. The number of nitrogens with two attached hydrogens (primary N) is 3. The minimum atomic E-state index is -1.12. The highest BCUT2D eigenvalue weighted by molar-refractivity contribution is 6.02. The van der Waals surface area contributed by atoms with Gasteiger partial charge in [-0.05, 0) is 56.7 Å². The second kappa shape index (κ2) is 19.5. The van der Waals surface area contributed by atoms with Gasteiger partial charge in [0.05, 0.1) is 6.20 Å². The van der Waals surface area contributed by atoms with E-state index in [1.54, 1.807) is 13.0 Å². The number of nitrogens with one attached hydrogen (secondary N) is 3. The summed E-state index contributed by atoms with van der Waals surface area (Å²) in [7, 11) is 0. The summed E-state index contributed by atoms with van der Waals surface area (Å²) >= 11 is 0. The molecule has 4 rings (SSSR count). The highest BCUT2D eigenvalue weighted by Crippen LogP contribution is 2.26. The van der Waals surface area contributed by atoms with Gasteiger partial charge in [0.25, 0.3) is 0 Å². The van der Waals surface area contributed by atoms with Gasteiger partial charge in [-0.3, -0.25) is 24.2 Å². The molecule has 2 aromatic carbocycles. The largest absolute Gasteiger partial charge is 0.370 e. The van der Waals surface area contributed by atoms with E-state index in [0.717, 1.165) is 40.6 Å². The first kappa shape index (κ1) is 39.7. The standard InChI is InChI=1S/C37H49N11O5/c1-24-11-9-14-27(21-24)18-19-32(49)45-31-23-42-46-48(31)37(53)47(28-15-7-4-8-16-28)25(2)34(51)43-29(17-10-20-41-36(39)40)35(52)44-30(33(38)50)22-26-12-5-3-6-13-26/h3,5-6,9,11-14,18-19,21,23,25,28-30H,4,7-8,10,15-17,20,22H2,1-2H3,(H2,38,50)(H,43,51)(H,44,52)(H,45,49)(H4,39,40,41)/t25-,29-,30-/m0/s1. The third-order valence-corrected chi connectivity index (χ3v) is 8.96. The first-order chi connectivity index (χ1) is 25.4. The number of nitrogens with zero attached hydrogens (tertiary/aromatic N) is 5. The first-order valence-electron chi connectivity index (χ1n) is 17.7. The molecule has 1 saturated carbocycles. The van der Waals surface area contributed by atoms with Crippen LogP contribution in [0.5, 0.6) is 0 Å². The molecule has 0 saturated heterocycles. The number of carbonyl (C=O) groups is 5. The van der Waals surface area contributed by atoms with Crippen molar-refractivity contribution in [3.63, 3.8) is 0 Å². The van der Waals surface area contributed by atoms with Crippen LogP contribution in [0.15, 0.2) is 71.9 Å². The summed E-state index contributed by atoms with van der Waals surface area (Å²) in [6.45, 7) is 3.70. The molecule has 0 aliphatic heterocycles. The molecular weight excluding hydrogens is 678 g/mol. The van der Waals surface area contributed by atoms with E-state index < -0.39 is 47.8 Å². The zero-order valence-electron chi connectivity index (χ0n) is 30.1. The van der Waals surface area contributed by atoms with E-state index >= 15 is 0 Å². The van der Waals surface area contributed by atoms with Crippen molar-refractivity contribution in [3.05, 3.63) is 83.6 Å². The number of hydrogen-bond donors (Lipinski definition) is 6. The number of carbonyl (C=O) groups excluding carboxylic acids is 5. The smallest absolute Gasteiger partial charge is 0.348 e. The molecule has 9 N–H and O–H groups in total. The number of aromatic nitrogens is 3. The molecule has 3 atom stereocenters. The van der Waals surface area contributed by atoms with Crippen LogP contribution in [0.3, 0.4) is 0 Å². The van der Waals surface area contributed by atoms with Crippen molar-refractivity contribution in [2.45, 2.75) is 89.4 Å². The minimum absolute atomic E-state index is 0.0233. The van der Waals surface area contributed by atoms with Crippen LogP contribution in [-0.4, -0.2) is 86.2 Å². The van der Waals surface area contributed by atoms with E-state index in [1.165, 1.54) is 17.2 Å². The van der Waals surface area contributed by atoms with Crippen LogP contribution in [0.1, 0.15) is 68.6 Å². The van der Waals surface area contributed by atoms with E-state index in [1.807, 2.05) is 61.5 Å². The van der Waals surface area contributed by atoms with Crippen molar-refractivity contribution in [1.29, 1.82) is 0 Å². The number of hydrogen-bond acceptors (Lipinski definition) is 8. The third-order valence-electron chi connectivity index (χ3n) is 8.96. The molecule has 1 aliphatic rings. The Kier molecular flexibility index (Phi) is 14.6. The quantitative estimate of drug-likeness (QED) is 0.0546. The summed E-state index contributed by atoms with van der Waals surface area (Å²) in [5.74, 6) is -2.59. The molecule has 1 heterocycles. The minimum Gasteiger partial charge on any atom is -0.370 e. The van der Waals surface area contributed by atoms with Crippen LogP contribution < -0.4 is 33.2 Å². The molecule has 282 valence electrons. The van der Waals surface area contributed by atoms with E-state index in [4.69, 9.17) is 17.2 Å². The summed E-state index contributed by atoms with van der Waals surface area (Å²) in [6.07, 6.45) is 8.78. The fraction of sp³-hybridized carbons (Fsp3) is 0.405. The molecule has 3 aromatic rings. The van der Waals surface area contributed by atoms with Gasteiger partial charge in [-0.25, -0.2) is 4.79 Å². The summed E-state index contributed by atoms with van der Waals surface area (Å²) in [5, 5.41) is 15.9. The van der Waals surface area contributed by atoms with Gasteiger partial charge in [-0.1, -0.05) is 84.6 Å². The second-order valence-corrected chi connectivity index (χ2v) is 13.1. The molecule has 5 amide bonds. The lowest BCUT2D eigenvalue weighted by atomic mass is 9.93. The van der Waals surface area contributed by atoms with E-state index in [2.05, 4.69) is 31.3 Å². The average Bonchev–Trinajstić information content (AvgIpc) is 3.60. The Morgan fingerprint density at radius 3 is 2.36 bits per heavy atom. The van der Waals surface area contributed by atoms with E-state index in [0.29, 0.717) is 19.3 Å². The van der Waals surface area contributed by atoms with Crippen molar-refractivity contribution in [1.82, 2.24) is 30.5 Å². The summed E-state index contributed by atoms with van der Waals surface area (Å²) in [6, 6.07) is 12.4. The Hall–Kier alpha value is -6.06. The predicted octanol–water partition coefficient (Wildman–Crippen LogP) is 1.98. The normalized spacial score (nSPS) is 14.8. The monoisotopic (exact) mass is 727 g/mol. The van der Waals surface area contributed by atoms with Gasteiger partial charge >= 0.3 is 6.03 Å². The van der Waals surface area contributed by atoms with Crippen molar-refractivity contribution in [3.8, 4) is 0 Å². The predicted molar refractivity (Wildman–Crippen MR) is 201 cm³/mol. The Bertz CT molecular complexity index is 1780. The molecule has 0 unspecified atom stereocenters. The number of primary amides is 1. The van der Waals surface area contributed by atoms with Crippen molar-refractivity contribution in [2.24, 2.45) is 22.2 Å². The van der Waals surface area contributed by atoms with Crippen LogP contribution in [0.4, 0.5) is 10.6 Å². The maximum atomic E-state index is 14.2. The van der Waals surface area contributed by atoms with Gasteiger partial charge in [-0.15, -0.1) is 9.78 Å². The number of guanidine groups is 1. The van der Waals surface area contributed by atoms with Crippen LogP contribution in [0.25, 0.3) is 6.08 Å². The molecule has 1 aliphatic carbocycles. The third kappa shape index (κ3) is 12.0. The molecule has 16 heteroatoms. The van der Waals surface area contributed by atoms with Crippen LogP contribution in [0, 0.1) is 6.92 Å². The lowest BCUT2D eigenvalue weighted by Crippen LogP contribution is -2.59. The fourth-order valence-electron chi connectivity index (χ4n) is 6.22. The van der Waals surface area contributed by atoms with Crippen LogP contribution in [0.2, 0.25) is 0 Å². The molecule has 1 aromatic heterocycles. The summed E-state index contributed by atoms with van der Waals surface area (Å²) in [4.78, 5) is 72.5. The Morgan fingerprint density at radius 2 is 1.68 bits per heavy atom. The van der Waals surface area contributed by atoms with E-state index in [9.17, 15) is 24.0 Å². The SMILES string of the molecule is Cc1cccc(C=CC(=O)Nc2cnnn2C(=O)N(C2CCCCC2)[C@@H](C)C(=O)N[C@@H](CCCN=C(N)N)C(=O)N[C@@H](Cc2ccccc2)C(N)=O)c1. The highest BCUT2D eigenvalue weighted by atomic mass is 16.2. The number of aliphatic imine (C=N–C) groups is 1. The van der Waals surface area contributed by atoms with Gasteiger partial charge in [-0.2, -0.15) is 0 Å². The van der Waals surface area contributed by atoms with Gasteiger partial charge in [0.1, 0.15) is 18.1 Å². The maximum Gasteiger partial charge on any atom is 0.348 e. The Morgan fingerprint density at radius 1 is 0.962 bits per heavy atom. The van der Waals surface area contributed by atoms with E-state index in [-0.39, 0.29) is 37.2 Å². The van der Waals surface area contributed by atoms with Crippen molar-refractivity contribution in [2.75, 3.05) is 11.9 Å².